The number of carbonyl (C=O) groups excluding carboxylic acids is 1. The first-order valence-corrected chi connectivity index (χ1v) is 6.15. The SMILES string of the molecule is Cc1cc(O)c(NC(=O)c2coc(C3CC3)n2)c(=O)o1. The van der Waals surface area contributed by atoms with Gasteiger partial charge in [-0.3, -0.25) is 4.79 Å². The molecule has 1 fully saturated rings. The molecule has 0 radical (unpaired) electrons. The Balaban J connectivity index is 1.83. The van der Waals surface area contributed by atoms with Gasteiger partial charge in [0.25, 0.3) is 5.91 Å². The van der Waals surface area contributed by atoms with Gasteiger partial charge in [-0.1, -0.05) is 0 Å². The molecule has 1 aliphatic rings. The fourth-order valence-electron chi connectivity index (χ4n) is 1.80. The van der Waals surface area contributed by atoms with E-state index in [1.807, 2.05) is 0 Å². The van der Waals surface area contributed by atoms with Crippen LogP contribution in [0, 0.1) is 6.92 Å². The number of aromatic hydroxyl groups is 1. The Morgan fingerprint density at radius 3 is 2.90 bits per heavy atom. The van der Waals surface area contributed by atoms with E-state index in [1.165, 1.54) is 19.3 Å². The van der Waals surface area contributed by atoms with E-state index in [0.29, 0.717) is 5.89 Å². The number of amides is 1. The Labute approximate surface area is 113 Å². The maximum absolute atomic E-state index is 11.9. The molecule has 1 saturated carbocycles. The van der Waals surface area contributed by atoms with E-state index in [0.717, 1.165) is 12.8 Å². The van der Waals surface area contributed by atoms with E-state index in [2.05, 4.69) is 10.3 Å². The Morgan fingerprint density at radius 2 is 2.25 bits per heavy atom. The molecule has 3 rings (SSSR count). The van der Waals surface area contributed by atoms with Crippen molar-refractivity contribution in [3.63, 3.8) is 0 Å². The third-order valence-electron chi connectivity index (χ3n) is 2.97. The van der Waals surface area contributed by atoms with Crippen LogP contribution in [-0.2, 0) is 0 Å². The Bertz CT molecular complexity index is 727. The van der Waals surface area contributed by atoms with Gasteiger partial charge < -0.3 is 19.3 Å². The minimum atomic E-state index is -0.818. The summed E-state index contributed by atoms with van der Waals surface area (Å²) in [5.74, 6) is 0.0813. The summed E-state index contributed by atoms with van der Waals surface area (Å²) in [6, 6.07) is 1.25. The van der Waals surface area contributed by atoms with Crippen molar-refractivity contribution in [2.24, 2.45) is 0 Å². The highest BCUT2D eigenvalue weighted by Gasteiger charge is 2.29. The van der Waals surface area contributed by atoms with Crippen LogP contribution < -0.4 is 10.9 Å². The number of aromatic nitrogens is 1. The van der Waals surface area contributed by atoms with Gasteiger partial charge in [0.2, 0.25) is 0 Å². The summed E-state index contributed by atoms with van der Waals surface area (Å²) in [5.41, 5.74) is -1.07. The van der Waals surface area contributed by atoms with E-state index in [-0.39, 0.29) is 28.8 Å². The lowest BCUT2D eigenvalue weighted by Crippen LogP contribution is -2.18. The molecule has 0 aromatic carbocycles. The normalized spacial score (nSPS) is 14.2. The minimum absolute atomic E-state index is 0.0614. The van der Waals surface area contributed by atoms with Crippen molar-refractivity contribution in [2.75, 3.05) is 5.32 Å². The number of carbonyl (C=O) groups is 1. The van der Waals surface area contributed by atoms with Gasteiger partial charge >= 0.3 is 5.63 Å². The van der Waals surface area contributed by atoms with Gasteiger partial charge in [-0.05, 0) is 19.8 Å². The minimum Gasteiger partial charge on any atom is -0.505 e. The van der Waals surface area contributed by atoms with E-state index >= 15 is 0 Å². The number of nitrogens with one attached hydrogen (secondary N) is 1. The molecule has 0 atom stereocenters. The monoisotopic (exact) mass is 276 g/mol. The molecule has 0 aliphatic heterocycles. The molecule has 7 nitrogen and oxygen atoms in total. The van der Waals surface area contributed by atoms with E-state index in [4.69, 9.17) is 8.83 Å². The molecule has 0 bridgehead atoms. The van der Waals surface area contributed by atoms with Crippen molar-refractivity contribution < 1.29 is 18.7 Å². The second-order valence-electron chi connectivity index (χ2n) is 4.70. The van der Waals surface area contributed by atoms with E-state index < -0.39 is 11.5 Å². The third-order valence-corrected chi connectivity index (χ3v) is 2.97. The number of hydrogen-bond acceptors (Lipinski definition) is 6. The second-order valence-corrected chi connectivity index (χ2v) is 4.70. The van der Waals surface area contributed by atoms with Gasteiger partial charge in [0.05, 0.1) is 0 Å². The highest BCUT2D eigenvalue weighted by Crippen LogP contribution is 2.39. The molecule has 1 aliphatic carbocycles. The van der Waals surface area contributed by atoms with Crippen LogP contribution >= 0.6 is 0 Å². The molecule has 1 amide bonds. The molecule has 20 heavy (non-hydrogen) atoms. The number of rotatable bonds is 3. The molecular formula is C13H12N2O5. The predicted octanol–water partition coefficient (Wildman–Crippen LogP) is 1.77. The van der Waals surface area contributed by atoms with Crippen LogP contribution in [0.1, 0.15) is 40.9 Å². The van der Waals surface area contributed by atoms with Gasteiger partial charge in [-0.2, -0.15) is 0 Å². The van der Waals surface area contributed by atoms with Crippen LogP contribution in [0.25, 0.3) is 0 Å². The summed E-state index contributed by atoms with van der Waals surface area (Å²) in [4.78, 5) is 27.6. The van der Waals surface area contributed by atoms with Crippen molar-refractivity contribution in [2.45, 2.75) is 25.7 Å². The summed E-state index contributed by atoms with van der Waals surface area (Å²) in [6.07, 6.45) is 3.24. The Morgan fingerprint density at radius 1 is 1.50 bits per heavy atom. The zero-order valence-corrected chi connectivity index (χ0v) is 10.7. The number of oxazole rings is 1. The molecule has 2 N–H and O–H groups in total. The smallest absolute Gasteiger partial charge is 0.363 e. The second kappa shape index (κ2) is 4.52. The molecule has 2 aromatic heterocycles. The molecule has 0 spiro atoms. The van der Waals surface area contributed by atoms with Crippen molar-refractivity contribution >= 4 is 11.6 Å². The first kappa shape index (κ1) is 12.5. The molecule has 7 heteroatoms. The Kier molecular flexibility index (Phi) is 2.81. The van der Waals surface area contributed by atoms with Crippen LogP contribution in [-0.4, -0.2) is 16.0 Å². The summed E-state index contributed by atoms with van der Waals surface area (Å²) < 4.78 is 10.00. The van der Waals surface area contributed by atoms with Gasteiger partial charge in [0, 0.05) is 12.0 Å². The lowest BCUT2D eigenvalue weighted by atomic mass is 10.3. The highest BCUT2D eigenvalue weighted by atomic mass is 16.4. The average Bonchev–Trinajstić information content (AvgIpc) is 3.11. The first-order valence-electron chi connectivity index (χ1n) is 6.15. The number of nitrogens with zero attached hydrogens (tertiary/aromatic N) is 1. The van der Waals surface area contributed by atoms with Crippen molar-refractivity contribution in [3.05, 3.63) is 40.1 Å². The summed E-state index contributed by atoms with van der Waals surface area (Å²) in [7, 11) is 0. The van der Waals surface area contributed by atoms with E-state index in [1.54, 1.807) is 0 Å². The number of hydrogen-bond donors (Lipinski definition) is 2. The fourth-order valence-corrected chi connectivity index (χ4v) is 1.80. The zero-order valence-electron chi connectivity index (χ0n) is 10.7. The lowest BCUT2D eigenvalue weighted by molar-refractivity contribution is 0.102. The first-order chi connectivity index (χ1) is 9.54. The predicted molar refractivity (Wildman–Crippen MR) is 67.8 cm³/mol. The average molecular weight is 276 g/mol. The summed E-state index contributed by atoms with van der Waals surface area (Å²) in [6.45, 7) is 1.52. The van der Waals surface area contributed by atoms with Crippen molar-refractivity contribution in [3.8, 4) is 5.75 Å². The van der Waals surface area contributed by atoms with Crippen LogP contribution in [0.15, 0.2) is 26.0 Å². The lowest BCUT2D eigenvalue weighted by Gasteiger charge is -2.04. The molecule has 2 aromatic rings. The molecule has 0 saturated heterocycles. The van der Waals surface area contributed by atoms with Crippen molar-refractivity contribution in [1.82, 2.24) is 4.98 Å². The van der Waals surface area contributed by atoms with Crippen LogP contribution in [0.5, 0.6) is 5.75 Å². The zero-order chi connectivity index (χ0) is 14.3. The quantitative estimate of drug-likeness (QED) is 0.885. The highest BCUT2D eigenvalue weighted by molar-refractivity contribution is 6.03. The molecule has 2 heterocycles. The Hall–Kier alpha value is -2.57. The third kappa shape index (κ3) is 2.29. The van der Waals surface area contributed by atoms with Gasteiger partial charge in [0.15, 0.2) is 17.3 Å². The fraction of sp³-hybridized carbons (Fsp3) is 0.308. The van der Waals surface area contributed by atoms with Crippen molar-refractivity contribution in [1.29, 1.82) is 0 Å². The van der Waals surface area contributed by atoms with Crippen LogP contribution in [0.2, 0.25) is 0 Å². The van der Waals surface area contributed by atoms with Crippen LogP contribution in [0.3, 0.4) is 0 Å². The van der Waals surface area contributed by atoms with E-state index in [9.17, 15) is 14.7 Å². The van der Waals surface area contributed by atoms with Gasteiger partial charge in [-0.25, -0.2) is 9.78 Å². The van der Waals surface area contributed by atoms with Gasteiger partial charge in [0.1, 0.15) is 17.8 Å². The maximum atomic E-state index is 11.9. The number of anilines is 1. The maximum Gasteiger partial charge on any atom is 0.363 e. The number of aryl methyl sites for hydroxylation is 1. The van der Waals surface area contributed by atoms with Crippen LogP contribution in [0.4, 0.5) is 5.69 Å². The molecular weight excluding hydrogens is 264 g/mol. The molecule has 104 valence electrons. The summed E-state index contributed by atoms with van der Waals surface area (Å²) >= 11 is 0. The summed E-state index contributed by atoms with van der Waals surface area (Å²) in [5, 5.41) is 11.9. The van der Waals surface area contributed by atoms with Gasteiger partial charge in [-0.15, -0.1) is 0 Å². The largest absolute Gasteiger partial charge is 0.505 e. The standard InChI is InChI=1S/C13H12N2O5/c1-6-4-9(16)10(13(18)20-6)15-11(17)8-5-19-12(14-8)7-2-3-7/h4-5,7,16H,2-3H2,1H3,(H,15,17). The molecule has 0 unspecified atom stereocenters. The topological polar surface area (TPSA) is 106 Å².